The number of carbonyl (C=O) groups excluding carboxylic acids is 1. The first-order valence-corrected chi connectivity index (χ1v) is 9.14. The second-order valence-electron chi connectivity index (χ2n) is 6.10. The number of hydrogen-bond acceptors (Lipinski definition) is 6. The van der Waals surface area contributed by atoms with Gasteiger partial charge in [-0.25, -0.2) is 13.1 Å². The molecule has 1 saturated heterocycles. The smallest absolute Gasteiger partial charge is 0.324 e. The third-order valence-corrected chi connectivity index (χ3v) is 5.49. The molecule has 2 aromatic carbocycles. The monoisotopic (exact) mass is 391 g/mol. The topological polar surface area (TPSA) is 79.4 Å². The van der Waals surface area contributed by atoms with Crippen molar-refractivity contribution >= 4 is 29.8 Å². The van der Waals surface area contributed by atoms with E-state index in [9.17, 15) is 13.6 Å². The number of anilines is 1. The van der Waals surface area contributed by atoms with E-state index in [2.05, 4.69) is 0 Å². The molecule has 1 fully saturated rings. The lowest BCUT2D eigenvalue weighted by molar-refractivity contribution is -0.152. The van der Waals surface area contributed by atoms with Crippen LogP contribution in [0.5, 0.6) is 0 Å². The van der Waals surface area contributed by atoms with Gasteiger partial charge in [0, 0.05) is 28.8 Å². The summed E-state index contributed by atoms with van der Waals surface area (Å²) >= 11 is 1.15. The van der Waals surface area contributed by atoms with Crippen molar-refractivity contribution in [2.24, 2.45) is 0 Å². The van der Waals surface area contributed by atoms with Crippen LogP contribution in [0.2, 0.25) is 0 Å². The second kappa shape index (κ2) is 8.49. The fourth-order valence-corrected chi connectivity index (χ4v) is 3.82. The van der Waals surface area contributed by atoms with E-state index < -0.39 is 12.5 Å². The Labute approximate surface area is 160 Å². The summed E-state index contributed by atoms with van der Waals surface area (Å²) in [6.07, 6.45) is -1.08. The molecule has 1 heterocycles. The van der Waals surface area contributed by atoms with Gasteiger partial charge in [-0.15, -0.1) is 0 Å². The van der Waals surface area contributed by atoms with E-state index in [-0.39, 0.29) is 29.4 Å². The number of carbonyl (C=O) groups is 1. The molecule has 3 rings (SSSR count). The standard InChI is InChI=1S/C19H19F2N3O2S/c20-18(21)13-8-14(10-22)17(23)16(9-13)27-24-7-6-15(24)19(25)26-11-12-4-2-1-3-5-12/h1-5,8-10,15,18,22H,6-7,11,23H2. The molecule has 0 bridgehead atoms. The molecule has 0 spiro atoms. The lowest BCUT2D eigenvalue weighted by Gasteiger charge is -2.37. The number of hydrogen-bond donors (Lipinski definition) is 2. The van der Waals surface area contributed by atoms with Crippen LogP contribution in [0.4, 0.5) is 14.5 Å². The fraction of sp³-hybridized carbons (Fsp3) is 0.263. The number of nitrogens with zero attached hydrogens (tertiary/aromatic N) is 1. The van der Waals surface area contributed by atoms with E-state index in [4.69, 9.17) is 15.9 Å². The highest BCUT2D eigenvalue weighted by atomic mass is 32.2. The number of alkyl halides is 2. The van der Waals surface area contributed by atoms with Gasteiger partial charge in [-0.3, -0.25) is 4.79 Å². The van der Waals surface area contributed by atoms with E-state index in [1.54, 1.807) is 4.31 Å². The van der Waals surface area contributed by atoms with Gasteiger partial charge in [0.05, 0.1) is 5.69 Å². The molecule has 1 aliphatic rings. The lowest BCUT2D eigenvalue weighted by Crippen LogP contribution is -2.48. The van der Waals surface area contributed by atoms with Crippen LogP contribution in [0, 0.1) is 5.41 Å². The average molecular weight is 391 g/mol. The molecule has 1 unspecified atom stereocenters. The van der Waals surface area contributed by atoms with Crippen LogP contribution in [0.3, 0.4) is 0 Å². The summed E-state index contributed by atoms with van der Waals surface area (Å²) in [5.74, 6) is -0.353. The normalized spacial score (nSPS) is 16.8. The first-order chi connectivity index (χ1) is 13.0. The molecule has 0 aliphatic carbocycles. The van der Waals surface area contributed by atoms with E-state index in [1.807, 2.05) is 30.3 Å². The molecule has 0 radical (unpaired) electrons. The molecule has 3 N–H and O–H groups in total. The number of ether oxygens (including phenoxy) is 1. The summed E-state index contributed by atoms with van der Waals surface area (Å²) in [5, 5.41) is 7.36. The van der Waals surface area contributed by atoms with Crippen molar-refractivity contribution in [1.29, 1.82) is 5.41 Å². The molecule has 8 heteroatoms. The highest BCUT2D eigenvalue weighted by Gasteiger charge is 2.37. The van der Waals surface area contributed by atoms with Gasteiger partial charge in [-0.1, -0.05) is 30.3 Å². The van der Waals surface area contributed by atoms with Crippen LogP contribution >= 0.6 is 11.9 Å². The van der Waals surface area contributed by atoms with Gasteiger partial charge in [0.25, 0.3) is 6.43 Å². The van der Waals surface area contributed by atoms with Crippen LogP contribution < -0.4 is 5.73 Å². The van der Waals surface area contributed by atoms with Gasteiger partial charge in [-0.2, -0.15) is 0 Å². The SMILES string of the molecule is N=Cc1cc(C(F)F)cc(SN2CCC2C(=O)OCc2ccccc2)c1N. The molecule has 27 heavy (non-hydrogen) atoms. The molecule has 0 amide bonds. The minimum absolute atomic E-state index is 0.190. The van der Waals surface area contributed by atoms with Gasteiger partial charge >= 0.3 is 5.97 Å². The summed E-state index contributed by atoms with van der Waals surface area (Å²) in [6.45, 7) is 0.809. The number of benzene rings is 2. The van der Waals surface area contributed by atoms with E-state index in [0.29, 0.717) is 17.9 Å². The third-order valence-electron chi connectivity index (χ3n) is 4.29. The highest BCUT2D eigenvalue weighted by molar-refractivity contribution is 7.97. The minimum Gasteiger partial charge on any atom is -0.460 e. The quantitative estimate of drug-likeness (QED) is 0.322. The van der Waals surface area contributed by atoms with Crippen LogP contribution in [0.15, 0.2) is 47.4 Å². The Morgan fingerprint density at radius 2 is 2.11 bits per heavy atom. The van der Waals surface area contributed by atoms with Crippen LogP contribution in [-0.2, 0) is 16.1 Å². The Morgan fingerprint density at radius 1 is 1.37 bits per heavy atom. The number of rotatable bonds is 7. The minimum atomic E-state index is -2.66. The predicted molar refractivity (Wildman–Crippen MR) is 101 cm³/mol. The number of halogens is 2. The molecule has 1 aliphatic heterocycles. The molecule has 0 saturated carbocycles. The largest absolute Gasteiger partial charge is 0.460 e. The zero-order valence-electron chi connectivity index (χ0n) is 14.4. The van der Waals surface area contributed by atoms with Gasteiger partial charge in [0.15, 0.2) is 0 Å². The number of nitrogens with one attached hydrogen (secondary N) is 1. The zero-order chi connectivity index (χ0) is 19.4. The van der Waals surface area contributed by atoms with Crippen molar-refractivity contribution in [3.63, 3.8) is 0 Å². The number of nitrogens with two attached hydrogens (primary N) is 1. The second-order valence-corrected chi connectivity index (χ2v) is 7.19. The molecular formula is C19H19F2N3O2S. The maximum atomic E-state index is 13.1. The third kappa shape index (κ3) is 4.45. The summed E-state index contributed by atoms with van der Waals surface area (Å²) in [4.78, 5) is 12.7. The van der Waals surface area contributed by atoms with E-state index >= 15 is 0 Å². The van der Waals surface area contributed by atoms with Gasteiger partial charge < -0.3 is 15.9 Å². The Bertz CT molecular complexity index is 833. The first-order valence-electron chi connectivity index (χ1n) is 8.37. The number of esters is 1. The van der Waals surface area contributed by atoms with Crippen molar-refractivity contribution in [2.75, 3.05) is 12.3 Å². The van der Waals surface area contributed by atoms with Gasteiger partial charge in [0.2, 0.25) is 0 Å². The first kappa shape index (κ1) is 19.3. The summed E-state index contributed by atoms with van der Waals surface area (Å²) in [5.41, 5.74) is 7.17. The van der Waals surface area contributed by atoms with Crippen LogP contribution in [-0.4, -0.2) is 29.1 Å². The fourth-order valence-electron chi connectivity index (χ4n) is 2.65. The molecule has 1 atom stereocenters. The highest BCUT2D eigenvalue weighted by Crippen LogP contribution is 2.38. The van der Waals surface area contributed by atoms with E-state index in [0.717, 1.165) is 23.7 Å². The van der Waals surface area contributed by atoms with Crippen molar-refractivity contribution in [3.05, 3.63) is 59.2 Å². The Kier molecular flexibility index (Phi) is 6.08. The lowest BCUT2D eigenvalue weighted by atomic mass is 10.1. The molecule has 5 nitrogen and oxygen atoms in total. The molecular weight excluding hydrogens is 372 g/mol. The average Bonchev–Trinajstić information content (AvgIpc) is 2.65. The summed E-state index contributed by atoms with van der Waals surface area (Å²) in [6, 6.07) is 11.4. The number of nitrogen functional groups attached to an aromatic ring is 1. The van der Waals surface area contributed by atoms with E-state index in [1.165, 1.54) is 12.1 Å². The Hall–Kier alpha value is -2.45. The molecule has 2 aromatic rings. The van der Waals surface area contributed by atoms with Crippen molar-refractivity contribution in [2.45, 2.75) is 30.4 Å². The van der Waals surface area contributed by atoms with Crippen molar-refractivity contribution < 1.29 is 18.3 Å². The maximum absolute atomic E-state index is 13.1. The maximum Gasteiger partial charge on any atom is 0.324 e. The Morgan fingerprint density at radius 3 is 2.70 bits per heavy atom. The Balaban J connectivity index is 1.66. The summed E-state index contributed by atoms with van der Waals surface area (Å²) < 4.78 is 33.3. The van der Waals surface area contributed by atoms with Crippen molar-refractivity contribution in [3.8, 4) is 0 Å². The predicted octanol–water partition coefficient (Wildman–Crippen LogP) is 4.03. The zero-order valence-corrected chi connectivity index (χ0v) is 15.2. The molecule has 142 valence electrons. The van der Waals surface area contributed by atoms with Crippen LogP contribution in [0.1, 0.15) is 29.5 Å². The summed E-state index contributed by atoms with van der Waals surface area (Å²) in [7, 11) is 0. The van der Waals surface area contributed by atoms with Crippen LogP contribution in [0.25, 0.3) is 0 Å². The van der Waals surface area contributed by atoms with Gasteiger partial charge in [-0.05, 0) is 36.1 Å². The van der Waals surface area contributed by atoms with Crippen molar-refractivity contribution in [1.82, 2.24) is 4.31 Å². The van der Waals surface area contributed by atoms with Gasteiger partial charge in [0.1, 0.15) is 12.6 Å². The molecule has 0 aromatic heterocycles.